The first kappa shape index (κ1) is 14.4. The van der Waals surface area contributed by atoms with E-state index in [4.69, 9.17) is 0 Å². The number of anilines is 1. The van der Waals surface area contributed by atoms with Gasteiger partial charge in [-0.3, -0.25) is 0 Å². The fourth-order valence-corrected chi connectivity index (χ4v) is 3.21. The first-order chi connectivity index (χ1) is 9.02. The first-order valence-electron chi connectivity index (χ1n) is 7.13. The van der Waals surface area contributed by atoms with Crippen molar-refractivity contribution in [1.82, 2.24) is 4.90 Å². The lowest BCUT2D eigenvalue weighted by Gasteiger charge is -2.35. The van der Waals surface area contributed by atoms with Gasteiger partial charge in [-0.15, -0.1) is 0 Å². The van der Waals surface area contributed by atoms with E-state index in [1.54, 1.807) is 0 Å². The van der Waals surface area contributed by atoms with Crippen LogP contribution in [0.3, 0.4) is 0 Å². The van der Waals surface area contributed by atoms with Crippen molar-refractivity contribution in [3.63, 3.8) is 0 Å². The molecule has 0 aliphatic carbocycles. The Morgan fingerprint density at radius 2 is 1.89 bits per heavy atom. The predicted molar refractivity (Wildman–Crippen MR) is 80.6 cm³/mol. The van der Waals surface area contributed by atoms with Crippen LogP contribution in [0.2, 0.25) is 0 Å². The van der Waals surface area contributed by atoms with E-state index in [2.05, 4.69) is 61.0 Å². The van der Waals surface area contributed by atoms with Crippen LogP contribution in [-0.2, 0) is 0 Å². The van der Waals surface area contributed by atoms with Gasteiger partial charge in [0.15, 0.2) is 0 Å². The van der Waals surface area contributed by atoms with Gasteiger partial charge in [0, 0.05) is 38.0 Å². The molecule has 0 saturated carbocycles. The SMILES string of the molecule is CN1CC(CCO)N(c2ccccc2)CC(C)(C)C1. The minimum absolute atomic E-state index is 0.252. The quantitative estimate of drug-likeness (QED) is 0.905. The highest BCUT2D eigenvalue weighted by Gasteiger charge is 2.32. The van der Waals surface area contributed by atoms with Crippen molar-refractivity contribution in [3.8, 4) is 0 Å². The maximum absolute atomic E-state index is 9.35. The molecule has 1 aliphatic heterocycles. The van der Waals surface area contributed by atoms with Crippen molar-refractivity contribution in [3.05, 3.63) is 30.3 Å². The summed E-state index contributed by atoms with van der Waals surface area (Å²) in [6.45, 7) is 8.03. The molecule has 1 heterocycles. The molecule has 2 rings (SSSR count). The van der Waals surface area contributed by atoms with E-state index in [0.29, 0.717) is 6.04 Å². The van der Waals surface area contributed by atoms with Gasteiger partial charge in [0.25, 0.3) is 0 Å². The van der Waals surface area contributed by atoms with E-state index >= 15 is 0 Å². The number of nitrogens with zero attached hydrogens (tertiary/aromatic N) is 2. The molecule has 3 heteroatoms. The lowest BCUT2D eigenvalue weighted by atomic mass is 9.92. The molecule has 1 N–H and O–H groups in total. The maximum Gasteiger partial charge on any atom is 0.0451 e. The van der Waals surface area contributed by atoms with Gasteiger partial charge in [-0.2, -0.15) is 0 Å². The summed E-state index contributed by atoms with van der Waals surface area (Å²) in [5.74, 6) is 0. The number of aliphatic hydroxyl groups excluding tert-OH is 1. The van der Waals surface area contributed by atoms with Gasteiger partial charge >= 0.3 is 0 Å². The van der Waals surface area contributed by atoms with Crippen LogP contribution in [0.25, 0.3) is 0 Å². The number of hydrogen-bond acceptors (Lipinski definition) is 3. The molecule has 1 unspecified atom stereocenters. The van der Waals surface area contributed by atoms with Crippen molar-refractivity contribution < 1.29 is 5.11 Å². The highest BCUT2D eigenvalue weighted by molar-refractivity contribution is 5.47. The van der Waals surface area contributed by atoms with E-state index in [1.807, 2.05) is 0 Å². The fraction of sp³-hybridized carbons (Fsp3) is 0.625. The van der Waals surface area contributed by atoms with Crippen LogP contribution in [0.5, 0.6) is 0 Å². The van der Waals surface area contributed by atoms with Crippen LogP contribution in [0, 0.1) is 5.41 Å². The van der Waals surface area contributed by atoms with Crippen molar-refractivity contribution in [2.24, 2.45) is 5.41 Å². The standard InChI is InChI=1S/C16H26N2O/c1-16(2)12-17(3)11-15(9-10-19)18(13-16)14-7-5-4-6-8-14/h4-8,15,19H,9-13H2,1-3H3. The molecule has 19 heavy (non-hydrogen) atoms. The average Bonchev–Trinajstić information content (AvgIpc) is 2.46. The van der Waals surface area contributed by atoms with Crippen LogP contribution in [0.4, 0.5) is 5.69 Å². The van der Waals surface area contributed by atoms with Crippen molar-refractivity contribution in [2.45, 2.75) is 26.3 Å². The van der Waals surface area contributed by atoms with Gasteiger partial charge < -0.3 is 14.9 Å². The third-order valence-corrected chi connectivity index (χ3v) is 3.81. The van der Waals surface area contributed by atoms with Gasteiger partial charge in [0.1, 0.15) is 0 Å². The Morgan fingerprint density at radius 1 is 1.21 bits per heavy atom. The number of benzene rings is 1. The van der Waals surface area contributed by atoms with Crippen LogP contribution >= 0.6 is 0 Å². The summed E-state index contributed by atoms with van der Waals surface area (Å²) in [6, 6.07) is 11.0. The molecule has 0 bridgehead atoms. The minimum atomic E-state index is 0.252. The molecule has 1 atom stereocenters. The van der Waals surface area contributed by atoms with E-state index in [1.165, 1.54) is 5.69 Å². The number of rotatable bonds is 3. The van der Waals surface area contributed by atoms with Crippen molar-refractivity contribution in [2.75, 3.05) is 38.2 Å². The van der Waals surface area contributed by atoms with Gasteiger partial charge in [0.2, 0.25) is 0 Å². The van der Waals surface area contributed by atoms with E-state index in [9.17, 15) is 5.11 Å². The van der Waals surface area contributed by atoms with Gasteiger partial charge in [-0.1, -0.05) is 32.0 Å². The molecule has 1 saturated heterocycles. The molecular formula is C16H26N2O. The summed E-state index contributed by atoms with van der Waals surface area (Å²) in [6.07, 6.45) is 0.829. The summed E-state index contributed by atoms with van der Waals surface area (Å²) in [5, 5.41) is 9.35. The first-order valence-corrected chi connectivity index (χ1v) is 7.13. The topological polar surface area (TPSA) is 26.7 Å². The molecule has 0 spiro atoms. The Kier molecular flexibility index (Phi) is 4.48. The van der Waals surface area contributed by atoms with Crippen LogP contribution < -0.4 is 4.90 Å². The lowest BCUT2D eigenvalue weighted by molar-refractivity contribution is 0.228. The smallest absolute Gasteiger partial charge is 0.0451 e. The highest BCUT2D eigenvalue weighted by Crippen LogP contribution is 2.29. The second-order valence-corrected chi connectivity index (χ2v) is 6.49. The predicted octanol–water partition coefficient (Wildman–Crippen LogP) is 2.22. The zero-order valence-corrected chi connectivity index (χ0v) is 12.3. The summed E-state index contributed by atoms with van der Waals surface area (Å²) in [7, 11) is 2.18. The molecule has 0 radical (unpaired) electrons. The summed E-state index contributed by atoms with van der Waals surface area (Å²) < 4.78 is 0. The Labute approximate surface area is 116 Å². The monoisotopic (exact) mass is 262 g/mol. The fourth-order valence-electron chi connectivity index (χ4n) is 3.21. The number of para-hydroxylation sites is 1. The molecule has 3 nitrogen and oxygen atoms in total. The Balaban J connectivity index is 2.28. The number of hydrogen-bond donors (Lipinski definition) is 1. The summed E-state index contributed by atoms with van der Waals surface area (Å²) >= 11 is 0. The maximum atomic E-state index is 9.35. The van der Waals surface area contributed by atoms with Crippen LogP contribution in [-0.4, -0.2) is 49.3 Å². The van der Waals surface area contributed by atoms with Gasteiger partial charge in [0.05, 0.1) is 0 Å². The van der Waals surface area contributed by atoms with E-state index < -0.39 is 0 Å². The lowest BCUT2D eigenvalue weighted by Crippen LogP contribution is -2.42. The van der Waals surface area contributed by atoms with Gasteiger partial charge in [-0.25, -0.2) is 0 Å². The number of likely N-dealkylation sites (N-methyl/N-ethyl adjacent to an activating group) is 1. The van der Waals surface area contributed by atoms with Crippen molar-refractivity contribution >= 4 is 5.69 Å². The zero-order valence-electron chi connectivity index (χ0n) is 12.3. The Hall–Kier alpha value is -1.06. The molecule has 1 fully saturated rings. The van der Waals surface area contributed by atoms with Gasteiger partial charge in [-0.05, 0) is 31.0 Å². The summed E-state index contributed by atoms with van der Waals surface area (Å²) in [4.78, 5) is 4.86. The average molecular weight is 262 g/mol. The third kappa shape index (κ3) is 3.71. The van der Waals surface area contributed by atoms with Crippen LogP contribution in [0.15, 0.2) is 30.3 Å². The molecule has 0 aromatic heterocycles. The van der Waals surface area contributed by atoms with E-state index in [0.717, 1.165) is 26.1 Å². The Bertz CT molecular complexity index is 391. The van der Waals surface area contributed by atoms with E-state index in [-0.39, 0.29) is 12.0 Å². The molecule has 1 aliphatic rings. The Morgan fingerprint density at radius 3 is 2.53 bits per heavy atom. The number of aliphatic hydroxyl groups is 1. The second-order valence-electron chi connectivity index (χ2n) is 6.49. The molecule has 1 aromatic carbocycles. The zero-order chi connectivity index (χ0) is 13.9. The highest BCUT2D eigenvalue weighted by atomic mass is 16.3. The third-order valence-electron chi connectivity index (χ3n) is 3.81. The van der Waals surface area contributed by atoms with Crippen molar-refractivity contribution in [1.29, 1.82) is 0 Å². The normalized spacial score (nSPS) is 24.2. The minimum Gasteiger partial charge on any atom is -0.396 e. The molecule has 1 aromatic rings. The molecule has 106 valence electrons. The largest absolute Gasteiger partial charge is 0.396 e. The van der Waals surface area contributed by atoms with Crippen LogP contribution in [0.1, 0.15) is 20.3 Å². The summed E-state index contributed by atoms with van der Waals surface area (Å²) in [5.41, 5.74) is 1.53. The molecular weight excluding hydrogens is 236 g/mol. The molecule has 0 amide bonds. The second kappa shape index (κ2) is 5.93.